The second-order valence-corrected chi connectivity index (χ2v) is 7.72. The molecule has 0 nitrogen and oxygen atoms in total. The molecule has 0 heteroatoms. The van der Waals surface area contributed by atoms with Gasteiger partial charge in [-0.05, 0) is 49.7 Å². The fraction of sp³-hybridized carbons (Fsp3) is 0.0345. The topological polar surface area (TPSA) is 0 Å². The van der Waals surface area contributed by atoms with E-state index >= 15 is 0 Å². The number of fused-ring (bicyclic) bond motifs is 4. The van der Waals surface area contributed by atoms with Crippen molar-refractivity contribution in [3.8, 4) is 22.3 Å². The molecule has 0 spiro atoms. The van der Waals surface area contributed by atoms with E-state index in [-0.39, 0.29) is 5.92 Å². The Morgan fingerprint density at radius 1 is 0.345 bits per heavy atom. The fourth-order valence-corrected chi connectivity index (χ4v) is 4.94. The highest BCUT2D eigenvalue weighted by Crippen LogP contribution is 2.50. The SMILES string of the molecule is c1ccc2c(c1)-c1ccccc1C2c1ccccc1-c1cccc2ccccc12. The van der Waals surface area contributed by atoms with Crippen LogP contribution in [-0.4, -0.2) is 0 Å². The average molecular weight is 368 g/mol. The van der Waals surface area contributed by atoms with Crippen LogP contribution in [0.15, 0.2) is 115 Å². The first kappa shape index (κ1) is 16.3. The minimum atomic E-state index is 0.262. The fourth-order valence-electron chi connectivity index (χ4n) is 4.94. The number of hydrogen-bond donors (Lipinski definition) is 0. The van der Waals surface area contributed by atoms with Gasteiger partial charge in [0.05, 0.1) is 0 Å². The molecular formula is C29H20. The van der Waals surface area contributed by atoms with Gasteiger partial charge >= 0.3 is 0 Å². The molecule has 0 unspecified atom stereocenters. The van der Waals surface area contributed by atoms with Gasteiger partial charge in [0.2, 0.25) is 0 Å². The Morgan fingerprint density at radius 2 is 0.759 bits per heavy atom. The van der Waals surface area contributed by atoms with Crippen molar-refractivity contribution >= 4 is 10.8 Å². The van der Waals surface area contributed by atoms with E-state index in [1.807, 2.05) is 0 Å². The molecule has 0 aromatic heterocycles. The van der Waals surface area contributed by atoms with Crippen molar-refractivity contribution < 1.29 is 0 Å². The van der Waals surface area contributed by atoms with Crippen LogP contribution < -0.4 is 0 Å². The van der Waals surface area contributed by atoms with Gasteiger partial charge in [-0.15, -0.1) is 0 Å². The predicted molar refractivity (Wildman–Crippen MR) is 122 cm³/mol. The monoisotopic (exact) mass is 368 g/mol. The van der Waals surface area contributed by atoms with Gasteiger partial charge in [0.1, 0.15) is 0 Å². The number of benzene rings is 5. The maximum absolute atomic E-state index is 2.31. The molecule has 6 rings (SSSR count). The summed E-state index contributed by atoms with van der Waals surface area (Å²) in [6.45, 7) is 0. The summed E-state index contributed by atoms with van der Waals surface area (Å²) < 4.78 is 0. The Kier molecular flexibility index (Phi) is 3.64. The lowest BCUT2D eigenvalue weighted by atomic mass is 9.83. The number of rotatable bonds is 2. The van der Waals surface area contributed by atoms with E-state index < -0.39 is 0 Å². The highest BCUT2D eigenvalue weighted by Gasteiger charge is 2.30. The Morgan fingerprint density at radius 3 is 1.38 bits per heavy atom. The van der Waals surface area contributed by atoms with Crippen LogP contribution in [0.25, 0.3) is 33.0 Å². The zero-order chi connectivity index (χ0) is 19.2. The summed E-state index contributed by atoms with van der Waals surface area (Å²) in [7, 11) is 0. The summed E-state index contributed by atoms with van der Waals surface area (Å²) >= 11 is 0. The van der Waals surface area contributed by atoms with E-state index in [2.05, 4.69) is 115 Å². The van der Waals surface area contributed by atoms with E-state index in [1.165, 1.54) is 49.7 Å². The Bertz CT molecular complexity index is 1310. The molecule has 0 aliphatic heterocycles. The third kappa shape index (κ3) is 2.46. The van der Waals surface area contributed by atoms with E-state index in [0.717, 1.165) is 0 Å². The second kappa shape index (κ2) is 6.46. The van der Waals surface area contributed by atoms with Crippen molar-refractivity contribution in [2.45, 2.75) is 5.92 Å². The van der Waals surface area contributed by atoms with Gasteiger partial charge in [-0.3, -0.25) is 0 Å². The molecule has 0 radical (unpaired) electrons. The van der Waals surface area contributed by atoms with Gasteiger partial charge in [-0.1, -0.05) is 115 Å². The largest absolute Gasteiger partial charge is 0.0619 e. The molecule has 1 aliphatic carbocycles. The molecule has 29 heavy (non-hydrogen) atoms. The third-order valence-corrected chi connectivity index (χ3v) is 6.19. The van der Waals surface area contributed by atoms with Crippen molar-refractivity contribution in [1.29, 1.82) is 0 Å². The van der Waals surface area contributed by atoms with Crippen LogP contribution in [0.2, 0.25) is 0 Å². The van der Waals surface area contributed by atoms with Crippen LogP contribution in [-0.2, 0) is 0 Å². The van der Waals surface area contributed by atoms with Gasteiger partial charge in [0.15, 0.2) is 0 Å². The Hall–Kier alpha value is -3.64. The summed E-state index contributed by atoms with van der Waals surface area (Å²) in [6.07, 6.45) is 0. The highest BCUT2D eigenvalue weighted by molar-refractivity contribution is 5.98. The Balaban J connectivity index is 1.65. The third-order valence-electron chi connectivity index (χ3n) is 6.19. The van der Waals surface area contributed by atoms with Gasteiger partial charge in [0, 0.05) is 5.92 Å². The van der Waals surface area contributed by atoms with Gasteiger partial charge in [-0.25, -0.2) is 0 Å². The quantitative estimate of drug-likeness (QED) is 0.294. The summed E-state index contributed by atoms with van der Waals surface area (Å²) in [5, 5.41) is 2.59. The molecule has 0 saturated carbocycles. The molecule has 0 fully saturated rings. The lowest BCUT2D eigenvalue weighted by Gasteiger charge is -2.19. The van der Waals surface area contributed by atoms with Crippen LogP contribution in [0, 0.1) is 0 Å². The van der Waals surface area contributed by atoms with Crippen molar-refractivity contribution in [3.05, 3.63) is 132 Å². The molecule has 5 aromatic carbocycles. The molecule has 0 saturated heterocycles. The molecular weight excluding hydrogens is 348 g/mol. The van der Waals surface area contributed by atoms with Crippen LogP contribution >= 0.6 is 0 Å². The van der Waals surface area contributed by atoms with Gasteiger partial charge in [-0.2, -0.15) is 0 Å². The maximum Gasteiger partial charge on any atom is 0.0358 e. The van der Waals surface area contributed by atoms with Crippen LogP contribution in [0.1, 0.15) is 22.6 Å². The number of hydrogen-bond acceptors (Lipinski definition) is 0. The molecule has 136 valence electrons. The molecule has 0 N–H and O–H groups in total. The zero-order valence-electron chi connectivity index (χ0n) is 16.0. The van der Waals surface area contributed by atoms with E-state index in [0.29, 0.717) is 0 Å². The van der Waals surface area contributed by atoms with E-state index in [9.17, 15) is 0 Å². The first-order chi connectivity index (χ1) is 14.4. The second-order valence-electron chi connectivity index (χ2n) is 7.72. The summed E-state index contributed by atoms with van der Waals surface area (Å²) in [6, 6.07) is 41.9. The zero-order valence-corrected chi connectivity index (χ0v) is 16.0. The molecule has 5 aromatic rings. The van der Waals surface area contributed by atoms with Crippen molar-refractivity contribution in [2.24, 2.45) is 0 Å². The average Bonchev–Trinajstić information content (AvgIpc) is 3.13. The predicted octanol–water partition coefficient (Wildman–Crippen LogP) is 7.67. The molecule has 0 bridgehead atoms. The molecule has 0 atom stereocenters. The molecule has 1 aliphatic rings. The lowest BCUT2D eigenvalue weighted by molar-refractivity contribution is 1.02. The van der Waals surface area contributed by atoms with Crippen molar-refractivity contribution in [3.63, 3.8) is 0 Å². The van der Waals surface area contributed by atoms with Gasteiger partial charge in [0.25, 0.3) is 0 Å². The first-order valence-corrected chi connectivity index (χ1v) is 10.2. The minimum Gasteiger partial charge on any atom is -0.0619 e. The van der Waals surface area contributed by atoms with Crippen LogP contribution in [0.3, 0.4) is 0 Å². The van der Waals surface area contributed by atoms with E-state index in [1.54, 1.807) is 0 Å². The normalized spacial score (nSPS) is 12.7. The first-order valence-electron chi connectivity index (χ1n) is 10.2. The standard InChI is InChI=1S/C29H20/c1-2-12-21-20(10-1)11-9-19-22(21)23-13-3-6-16-26(23)29-27-17-7-4-14-24(27)25-15-5-8-18-28(25)29/h1-19,29H. The lowest BCUT2D eigenvalue weighted by Crippen LogP contribution is -2.01. The smallest absolute Gasteiger partial charge is 0.0358 e. The van der Waals surface area contributed by atoms with Crippen molar-refractivity contribution in [1.82, 2.24) is 0 Å². The summed E-state index contributed by atoms with van der Waals surface area (Å²) in [4.78, 5) is 0. The summed E-state index contributed by atoms with van der Waals surface area (Å²) in [5.74, 6) is 0.262. The summed E-state index contributed by atoms with van der Waals surface area (Å²) in [5.41, 5.74) is 9.53. The van der Waals surface area contributed by atoms with Crippen LogP contribution in [0.4, 0.5) is 0 Å². The molecule has 0 heterocycles. The van der Waals surface area contributed by atoms with E-state index in [4.69, 9.17) is 0 Å². The minimum absolute atomic E-state index is 0.262. The molecule has 0 amide bonds. The highest BCUT2D eigenvalue weighted by atomic mass is 14.3. The van der Waals surface area contributed by atoms with Crippen molar-refractivity contribution in [2.75, 3.05) is 0 Å². The Labute approximate surface area is 171 Å². The maximum atomic E-state index is 2.31. The van der Waals surface area contributed by atoms with Crippen LogP contribution in [0.5, 0.6) is 0 Å². The van der Waals surface area contributed by atoms with Gasteiger partial charge < -0.3 is 0 Å².